The van der Waals surface area contributed by atoms with Crippen molar-refractivity contribution in [3.63, 3.8) is 0 Å². The molecule has 4 rings (SSSR count). The molecule has 0 aliphatic rings. The largest absolute Gasteiger partial charge is 0.497 e. The van der Waals surface area contributed by atoms with Crippen LogP contribution in [0.5, 0.6) is 11.5 Å². The summed E-state index contributed by atoms with van der Waals surface area (Å²) in [6, 6.07) is 19.9. The number of halogens is 2. The number of aryl methyl sites for hydroxylation is 2. The first-order valence-electron chi connectivity index (χ1n) is 10.8. The highest BCUT2D eigenvalue weighted by Gasteiger charge is 2.14. The van der Waals surface area contributed by atoms with Gasteiger partial charge in [0.15, 0.2) is 0 Å². The number of rotatable bonds is 8. The number of ether oxygens (including phenoxy) is 2. The van der Waals surface area contributed by atoms with E-state index in [1.165, 1.54) is 16.8 Å². The minimum Gasteiger partial charge on any atom is -0.497 e. The maximum absolute atomic E-state index is 14.0. The first-order chi connectivity index (χ1) is 16.5. The second kappa shape index (κ2) is 10.3. The van der Waals surface area contributed by atoms with Gasteiger partial charge in [0, 0.05) is 29.8 Å². The van der Waals surface area contributed by atoms with E-state index < -0.39 is 11.6 Å². The van der Waals surface area contributed by atoms with E-state index in [4.69, 9.17) is 9.47 Å². The highest BCUT2D eigenvalue weighted by Crippen LogP contribution is 2.31. The minimum absolute atomic E-state index is 0.261. The molecule has 0 unspecified atom stereocenters. The number of aromatic nitrogens is 2. The van der Waals surface area contributed by atoms with Crippen molar-refractivity contribution in [3.8, 4) is 33.9 Å². The number of nitrogens with zero attached hydrogens (tertiary/aromatic N) is 2. The average molecular weight is 462 g/mol. The Hall–Kier alpha value is -4.00. The Kier molecular flexibility index (Phi) is 7.01. The molecule has 3 aromatic carbocycles. The Bertz CT molecular complexity index is 1330. The summed E-state index contributed by atoms with van der Waals surface area (Å²) in [6.45, 7) is 0.293. The molecule has 0 N–H and O–H groups in total. The highest BCUT2D eigenvalue weighted by atomic mass is 19.1. The minimum atomic E-state index is -0.614. The van der Waals surface area contributed by atoms with Gasteiger partial charge >= 0.3 is 0 Å². The predicted molar refractivity (Wildman–Crippen MR) is 127 cm³/mol. The van der Waals surface area contributed by atoms with Gasteiger partial charge in [-0.15, -0.1) is 0 Å². The Balaban J connectivity index is 1.68. The lowest BCUT2D eigenvalue weighted by Crippen LogP contribution is -2.23. The van der Waals surface area contributed by atoms with Crippen molar-refractivity contribution in [2.24, 2.45) is 0 Å². The van der Waals surface area contributed by atoms with Gasteiger partial charge in [-0.3, -0.25) is 4.79 Å². The molecule has 0 atom stereocenters. The molecule has 0 aliphatic heterocycles. The summed E-state index contributed by atoms with van der Waals surface area (Å²) in [5.74, 6) is 0.222. The molecule has 4 aromatic rings. The maximum Gasteiger partial charge on any atom is 0.267 e. The number of hydrogen-bond donors (Lipinski definition) is 0. The van der Waals surface area contributed by atoms with Crippen LogP contribution in [0.25, 0.3) is 22.4 Å². The Labute approximate surface area is 196 Å². The number of methoxy groups -OCH3 is 2. The molecule has 0 saturated heterocycles. The van der Waals surface area contributed by atoms with Crippen molar-refractivity contribution < 1.29 is 18.3 Å². The third-order valence-corrected chi connectivity index (χ3v) is 5.59. The van der Waals surface area contributed by atoms with Crippen LogP contribution in [0.4, 0.5) is 8.78 Å². The van der Waals surface area contributed by atoms with Crippen molar-refractivity contribution in [2.75, 3.05) is 14.2 Å². The van der Waals surface area contributed by atoms with E-state index in [9.17, 15) is 13.6 Å². The molecule has 0 amide bonds. The van der Waals surface area contributed by atoms with Gasteiger partial charge in [0.2, 0.25) is 0 Å². The topological polar surface area (TPSA) is 53.4 Å². The average Bonchev–Trinajstić information content (AvgIpc) is 2.86. The Morgan fingerprint density at radius 2 is 1.44 bits per heavy atom. The van der Waals surface area contributed by atoms with Gasteiger partial charge in [0.05, 0.1) is 19.9 Å². The zero-order valence-electron chi connectivity index (χ0n) is 18.9. The number of hydrogen-bond acceptors (Lipinski definition) is 4. The molecule has 0 saturated carbocycles. The second-order valence-corrected chi connectivity index (χ2v) is 7.76. The molecule has 5 nitrogen and oxygen atoms in total. The molecular formula is C27H24F2N2O3. The van der Waals surface area contributed by atoms with Crippen molar-refractivity contribution in [2.45, 2.75) is 19.4 Å². The summed E-state index contributed by atoms with van der Waals surface area (Å²) in [4.78, 5) is 12.9. The molecule has 0 aliphatic carbocycles. The van der Waals surface area contributed by atoms with Crippen molar-refractivity contribution in [3.05, 3.63) is 100 Å². The van der Waals surface area contributed by atoms with E-state index >= 15 is 0 Å². The monoisotopic (exact) mass is 462 g/mol. The van der Waals surface area contributed by atoms with E-state index in [0.29, 0.717) is 47.7 Å². The Morgan fingerprint density at radius 1 is 0.824 bits per heavy atom. The maximum atomic E-state index is 14.0. The molecule has 0 bridgehead atoms. The van der Waals surface area contributed by atoms with Gasteiger partial charge in [-0.2, -0.15) is 5.10 Å². The zero-order valence-corrected chi connectivity index (χ0v) is 18.9. The molecule has 7 heteroatoms. The molecule has 1 heterocycles. The fourth-order valence-electron chi connectivity index (χ4n) is 3.75. The van der Waals surface area contributed by atoms with E-state index in [2.05, 4.69) is 5.10 Å². The lowest BCUT2D eigenvalue weighted by molar-refractivity contribution is 0.414. The van der Waals surface area contributed by atoms with E-state index in [1.54, 1.807) is 20.3 Å². The van der Waals surface area contributed by atoms with Gasteiger partial charge in [0.1, 0.15) is 23.1 Å². The summed E-state index contributed by atoms with van der Waals surface area (Å²) in [6.07, 6.45) is 0.831. The quantitative estimate of drug-likeness (QED) is 0.347. The molecule has 0 spiro atoms. The normalized spacial score (nSPS) is 10.8. The predicted octanol–water partition coefficient (Wildman–Crippen LogP) is 5.51. The van der Waals surface area contributed by atoms with Gasteiger partial charge in [-0.1, -0.05) is 18.2 Å². The SMILES string of the molecule is COc1ccc(-c2cc(=O)n(CCCc3ccc(F)cc3F)nc2-c2ccc(OC)cc2)cc1. The summed E-state index contributed by atoms with van der Waals surface area (Å²) < 4.78 is 39.0. The molecule has 174 valence electrons. The summed E-state index contributed by atoms with van der Waals surface area (Å²) in [5.41, 5.74) is 3.13. The van der Waals surface area contributed by atoms with Crippen molar-refractivity contribution in [1.82, 2.24) is 9.78 Å². The van der Waals surface area contributed by atoms with Crippen LogP contribution in [0.2, 0.25) is 0 Å². The van der Waals surface area contributed by atoms with E-state index in [-0.39, 0.29) is 5.56 Å². The fourth-order valence-corrected chi connectivity index (χ4v) is 3.75. The molecule has 1 aromatic heterocycles. The molecule has 34 heavy (non-hydrogen) atoms. The standard InChI is InChI=1S/C27H24F2N2O3/c1-33-22-11-6-18(7-12-22)24-17-26(32)31(15-3-4-19-5-10-21(28)16-25(19)29)30-27(24)20-8-13-23(34-2)14-9-20/h5-14,16-17H,3-4,15H2,1-2H3. The van der Waals surface area contributed by atoms with E-state index in [0.717, 1.165) is 17.2 Å². The lowest BCUT2D eigenvalue weighted by atomic mass is 10.00. The smallest absolute Gasteiger partial charge is 0.267 e. The fraction of sp³-hybridized carbons (Fsp3) is 0.185. The summed E-state index contributed by atoms with van der Waals surface area (Å²) in [5, 5.41) is 4.66. The van der Waals surface area contributed by atoms with Gasteiger partial charge < -0.3 is 9.47 Å². The first-order valence-corrected chi connectivity index (χ1v) is 10.8. The highest BCUT2D eigenvalue weighted by molar-refractivity contribution is 5.80. The number of benzene rings is 3. The Morgan fingerprint density at radius 3 is 2.03 bits per heavy atom. The van der Waals surface area contributed by atoms with Crippen molar-refractivity contribution >= 4 is 0 Å². The van der Waals surface area contributed by atoms with Gasteiger partial charge in [-0.25, -0.2) is 13.5 Å². The van der Waals surface area contributed by atoms with Crippen LogP contribution in [0.1, 0.15) is 12.0 Å². The lowest BCUT2D eigenvalue weighted by Gasteiger charge is -2.14. The molecule has 0 radical (unpaired) electrons. The molecule has 0 fully saturated rings. The summed E-state index contributed by atoms with van der Waals surface area (Å²) >= 11 is 0. The van der Waals surface area contributed by atoms with Crippen molar-refractivity contribution in [1.29, 1.82) is 0 Å². The third-order valence-electron chi connectivity index (χ3n) is 5.59. The van der Waals surface area contributed by atoms with Crippen LogP contribution in [0, 0.1) is 11.6 Å². The molecular weight excluding hydrogens is 438 g/mol. The van der Waals surface area contributed by atoms with Crippen LogP contribution in [-0.4, -0.2) is 24.0 Å². The van der Waals surface area contributed by atoms with Crippen LogP contribution in [0.3, 0.4) is 0 Å². The van der Waals surface area contributed by atoms with Crippen LogP contribution >= 0.6 is 0 Å². The third kappa shape index (κ3) is 5.14. The van der Waals surface area contributed by atoms with Crippen LogP contribution < -0.4 is 15.0 Å². The van der Waals surface area contributed by atoms with Gasteiger partial charge in [0.25, 0.3) is 5.56 Å². The van der Waals surface area contributed by atoms with E-state index in [1.807, 2.05) is 48.5 Å². The van der Waals surface area contributed by atoms with Crippen LogP contribution in [-0.2, 0) is 13.0 Å². The first kappa shape index (κ1) is 23.2. The summed E-state index contributed by atoms with van der Waals surface area (Å²) in [7, 11) is 3.19. The second-order valence-electron chi connectivity index (χ2n) is 7.76. The van der Waals surface area contributed by atoms with Crippen LogP contribution in [0.15, 0.2) is 77.6 Å². The van der Waals surface area contributed by atoms with Gasteiger partial charge in [-0.05, 0) is 66.4 Å². The zero-order chi connectivity index (χ0) is 24.1.